The maximum atomic E-state index is 12.1. The molecule has 0 spiro atoms. The minimum atomic E-state index is -0.564. The van der Waals surface area contributed by atoms with Crippen molar-refractivity contribution in [3.63, 3.8) is 0 Å². The molecule has 120 valence electrons. The van der Waals surface area contributed by atoms with E-state index in [1.165, 1.54) is 12.1 Å². The summed E-state index contributed by atoms with van der Waals surface area (Å²) in [5, 5.41) is 0.141. The van der Waals surface area contributed by atoms with Gasteiger partial charge in [0.1, 0.15) is 0 Å². The molecule has 1 aliphatic rings. The third kappa shape index (κ3) is 3.93. The van der Waals surface area contributed by atoms with Crippen molar-refractivity contribution in [3.05, 3.63) is 59.0 Å². The van der Waals surface area contributed by atoms with Crippen molar-refractivity contribution in [1.82, 2.24) is 4.90 Å². The topological polar surface area (TPSA) is 59.8 Å². The fourth-order valence-corrected chi connectivity index (χ4v) is 2.76. The van der Waals surface area contributed by atoms with E-state index < -0.39 is 5.97 Å². The molecule has 1 amide bonds. The molecule has 0 bridgehead atoms. The summed E-state index contributed by atoms with van der Waals surface area (Å²) in [6.07, 6.45) is 0.388. The van der Waals surface area contributed by atoms with Crippen LogP contribution in [0.15, 0.2) is 46.9 Å². The van der Waals surface area contributed by atoms with Crippen LogP contribution in [0.2, 0.25) is 5.22 Å². The Bertz CT molecular complexity index is 698. The molecular weight excluding hydrogens is 318 g/mol. The summed E-state index contributed by atoms with van der Waals surface area (Å²) in [7, 11) is 0. The van der Waals surface area contributed by atoms with Crippen molar-refractivity contribution in [3.8, 4) is 0 Å². The van der Waals surface area contributed by atoms with Gasteiger partial charge in [0, 0.05) is 25.4 Å². The number of benzene rings is 1. The molecule has 3 rings (SSSR count). The van der Waals surface area contributed by atoms with Crippen LogP contribution in [0, 0.1) is 5.92 Å². The Morgan fingerprint density at radius 2 is 2.04 bits per heavy atom. The number of hydrogen-bond donors (Lipinski definition) is 0. The van der Waals surface area contributed by atoms with Gasteiger partial charge in [-0.2, -0.15) is 0 Å². The van der Waals surface area contributed by atoms with E-state index >= 15 is 0 Å². The molecule has 6 heteroatoms. The summed E-state index contributed by atoms with van der Waals surface area (Å²) in [4.78, 5) is 25.6. The number of esters is 1. The van der Waals surface area contributed by atoms with E-state index in [0.29, 0.717) is 19.5 Å². The molecule has 1 aromatic carbocycles. The number of halogens is 1. The number of nitrogens with zero attached hydrogens (tertiary/aromatic N) is 1. The van der Waals surface area contributed by atoms with Crippen molar-refractivity contribution in [2.24, 2.45) is 5.92 Å². The molecule has 0 radical (unpaired) electrons. The highest BCUT2D eigenvalue weighted by Gasteiger charge is 2.30. The van der Waals surface area contributed by atoms with E-state index in [9.17, 15) is 9.59 Å². The van der Waals surface area contributed by atoms with Gasteiger partial charge in [0.2, 0.25) is 11.7 Å². The zero-order valence-electron chi connectivity index (χ0n) is 12.4. The molecule has 1 fully saturated rings. The molecule has 0 saturated carbocycles. The molecule has 1 saturated heterocycles. The maximum absolute atomic E-state index is 12.1. The number of carbonyl (C=O) groups is 2. The minimum absolute atomic E-state index is 0.000552. The Hall–Kier alpha value is -2.27. The van der Waals surface area contributed by atoms with Gasteiger partial charge in [-0.15, -0.1) is 0 Å². The first kappa shape index (κ1) is 15.6. The fourth-order valence-electron chi connectivity index (χ4n) is 2.61. The van der Waals surface area contributed by atoms with Gasteiger partial charge in [0.05, 0.1) is 6.61 Å². The van der Waals surface area contributed by atoms with Crippen molar-refractivity contribution >= 4 is 23.5 Å². The maximum Gasteiger partial charge on any atom is 0.374 e. The molecule has 1 aliphatic heterocycles. The number of ether oxygens (including phenoxy) is 1. The molecule has 1 aromatic heterocycles. The lowest BCUT2D eigenvalue weighted by molar-refractivity contribution is -0.128. The van der Waals surface area contributed by atoms with Crippen LogP contribution in [0.4, 0.5) is 0 Å². The molecule has 2 heterocycles. The second kappa shape index (κ2) is 6.87. The smallest absolute Gasteiger partial charge is 0.374 e. The van der Waals surface area contributed by atoms with E-state index in [0.717, 1.165) is 5.56 Å². The van der Waals surface area contributed by atoms with Crippen LogP contribution in [-0.2, 0) is 16.1 Å². The average Bonchev–Trinajstić information content (AvgIpc) is 3.13. The first-order valence-electron chi connectivity index (χ1n) is 7.36. The Morgan fingerprint density at radius 1 is 1.26 bits per heavy atom. The molecule has 5 nitrogen and oxygen atoms in total. The van der Waals surface area contributed by atoms with E-state index in [1.54, 1.807) is 4.90 Å². The second-order valence-corrected chi connectivity index (χ2v) is 5.90. The van der Waals surface area contributed by atoms with Gasteiger partial charge in [-0.1, -0.05) is 30.3 Å². The summed E-state index contributed by atoms with van der Waals surface area (Å²) < 4.78 is 10.2. The Kier molecular flexibility index (Phi) is 4.67. The largest absolute Gasteiger partial charge is 0.459 e. The van der Waals surface area contributed by atoms with Gasteiger partial charge in [-0.3, -0.25) is 4.79 Å². The molecule has 0 N–H and O–H groups in total. The summed E-state index contributed by atoms with van der Waals surface area (Å²) >= 11 is 5.62. The molecule has 0 unspecified atom stereocenters. The Morgan fingerprint density at radius 3 is 2.74 bits per heavy atom. The third-order valence-electron chi connectivity index (χ3n) is 3.74. The minimum Gasteiger partial charge on any atom is -0.459 e. The number of hydrogen-bond acceptors (Lipinski definition) is 4. The van der Waals surface area contributed by atoms with Gasteiger partial charge in [0.15, 0.2) is 5.22 Å². The number of furan rings is 1. The van der Waals surface area contributed by atoms with Gasteiger partial charge in [-0.05, 0) is 29.3 Å². The van der Waals surface area contributed by atoms with Crippen molar-refractivity contribution in [2.75, 3.05) is 13.2 Å². The number of amides is 1. The highest BCUT2D eigenvalue weighted by Crippen LogP contribution is 2.21. The van der Waals surface area contributed by atoms with Crippen LogP contribution >= 0.6 is 11.6 Å². The van der Waals surface area contributed by atoms with Crippen LogP contribution in [0.5, 0.6) is 0 Å². The normalized spacial score (nSPS) is 17.5. The Balaban J connectivity index is 1.50. The van der Waals surface area contributed by atoms with Gasteiger partial charge >= 0.3 is 5.97 Å². The summed E-state index contributed by atoms with van der Waals surface area (Å²) in [6.45, 7) is 1.35. The predicted octanol–water partition coefficient (Wildman–Crippen LogP) is 3.14. The third-order valence-corrected chi connectivity index (χ3v) is 3.94. The number of likely N-dealkylation sites (tertiary alicyclic amines) is 1. The molecule has 1 atom stereocenters. The quantitative estimate of drug-likeness (QED) is 0.789. The van der Waals surface area contributed by atoms with Crippen molar-refractivity contribution in [2.45, 2.75) is 13.0 Å². The van der Waals surface area contributed by atoms with Crippen LogP contribution < -0.4 is 0 Å². The van der Waals surface area contributed by atoms with Crippen molar-refractivity contribution in [1.29, 1.82) is 0 Å². The van der Waals surface area contributed by atoms with Crippen LogP contribution in [-0.4, -0.2) is 29.9 Å². The van der Waals surface area contributed by atoms with Gasteiger partial charge in [-0.25, -0.2) is 4.79 Å². The lowest BCUT2D eigenvalue weighted by Crippen LogP contribution is -2.25. The fraction of sp³-hybridized carbons (Fsp3) is 0.294. The predicted molar refractivity (Wildman–Crippen MR) is 84.0 cm³/mol. The molecule has 0 aliphatic carbocycles. The van der Waals surface area contributed by atoms with Crippen molar-refractivity contribution < 1.29 is 18.7 Å². The SMILES string of the molecule is O=C(OC[C@H]1CC(=O)N(Cc2ccccc2)C1)c1ccc(Cl)o1. The lowest BCUT2D eigenvalue weighted by Gasteiger charge is -2.16. The van der Waals surface area contributed by atoms with E-state index in [2.05, 4.69) is 0 Å². The average molecular weight is 334 g/mol. The monoisotopic (exact) mass is 333 g/mol. The van der Waals surface area contributed by atoms with Gasteiger partial charge < -0.3 is 14.1 Å². The van der Waals surface area contributed by atoms with Gasteiger partial charge in [0.25, 0.3) is 0 Å². The summed E-state index contributed by atoms with van der Waals surface area (Å²) in [5.41, 5.74) is 1.09. The van der Waals surface area contributed by atoms with Crippen LogP contribution in [0.3, 0.4) is 0 Å². The van der Waals surface area contributed by atoms with E-state index in [-0.39, 0.29) is 29.4 Å². The van der Waals surface area contributed by atoms with E-state index in [1.807, 2.05) is 30.3 Å². The van der Waals surface area contributed by atoms with Crippen LogP contribution in [0.25, 0.3) is 0 Å². The highest BCUT2D eigenvalue weighted by molar-refractivity contribution is 6.29. The Labute approximate surface area is 138 Å². The number of rotatable bonds is 5. The number of carbonyl (C=O) groups excluding carboxylic acids is 2. The summed E-state index contributed by atoms with van der Waals surface area (Å²) in [6, 6.07) is 12.8. The molecule has 23 heavy (non-hydrogen) atoms. The first-order chi connectivity index (χ1) is 11.1. The lowest BCUT2D eigenvalue weighted by atomic mass is 10.1. The van der Waals surface area contributed by atoms with E-state index in [4.69, 9.17) is 20.8 Å². The highest BCUT2D eigenvalue weighted by atomic mass is 35.5. The molecule has 2 aromatic rings. The zero-order chi connectivity index (χ0) is 16.2. The molecular formula is C17H16ClNO4. The zero-order valence-corrected chi connectivity index (χ0v) is 13.2. The second-order valence-electron chi connectivity index (χ2n) is 5.53. The first-order valence-corrected chi connectivity index (χ1v) is 7.74. The summed E-state index contributed by atoms with van der Waals surface area (Å²) in [5.74, 6) is -0.414. The standard InChI is InChI=1S/C17H16ClNO4/c18-15-7-6-14(23-15)17(21)22-11-13-8-16(20)19(10-13)9-12-4-2-1-3-5-12/h1-7,13H,8-11H2/t13-/m0/s1. The van der Waals surface area contributed by atoms with Crippen LogP contribution in [0.1, 0.15) is 22.5 Å².